The van der Waals surface area contributed by atoms with E-state index < -0.39 is 0 Å². The van der Waals surface area contributed by atoms with Crippen LogP contribution in [0.25, 0.3) is 0 Å². The highest BCUT2D eigenvalue weighted by atomic mass is 32.1. The second-order valence-electron chi connectivity index (χ2n) is 4.76. The number of hydrogen-bond acceptors (Lipinski definition) is 4. The van der Waals surface area contributed by atoms with E-state index in [9.17, 15) is 0 Å². The quantitative estimate of drug-likeness (QED) is 0.841. The lowest BCUT2D eigenvalue weighted by atomic mass is 10.2. The molecule has 0 aromatic carbocycles. The van der Waals surface area contributed by atoms with Crippen LogP contribution < -0.4 is 5.32 Å². The van der Waals surface area contributed by atoms with Gasteiger partial charge in [0.2, 0.25) is 0 Å². The number of likely N-dealkylation sites (N-methyl/N-ethyl adjacent to an activating group) is 1. The first-order valence-corrected chi connectivity index (χ1v) is 7.45. The maximum Gasteiger partial charge on any atom is 0.0544 e. The summed E-state index contributed by atoms with van der Waals surface area (Å²) >= 11 is 1.83. The Bertz CT molecular complexity index is 465. The zero-order valence-electron chi connectivity index (χ0n) is 11.6. The SMILES string of the molecule is CNCc1ccc(CN(C)CCc2cccs2)nc1. The Balaban J connectivity index is 1.79. The number of aromatic nitrogens is 1. The molecule has 2 aromatic heterocycles. The Labute approximate surface area is 119 Å². The van der Waals surface area contributed by atoms with Crippen molar-refractivity contribution in [2.45, 2.75) is 19.5 Å². The summed E-state index contributed by atoms with van der Waals surface area (Å²) in [5, 5.41) is 5.27. The third-order valence-corrected chi connectivity index (χ3v) is 3.96. The predicted molar refractivity (Wildman–Crippen MR) is 81.4 cm³/mol. The van der Waals surface area contributed by atoms with Crippen molar-refractivity contribution in [2.24, 2.45) is 0 Å². The molecule has 0 saturated heterocycles. The lowest BCUT2D eigenvalue weighted by Gasteiger charge is -2.15. The van der Waals surface area contributed by atoms with Gasteiger partial charge in [-0.2, -0.15) is 0 Å². The van der Waals surface area contributed by atoms with Gasteiger partial charge in [-0.15, -0.1) is 11.3 Å². The number of rotatable bonds is 7. The van der Waals surface area contributed by atoms with Crippen LogP contribution in [0.5, 0.6) is 0 Å². The molecule has 0 unspecified atom stereocenters. The minimum atomic E-state index is 0.876. The van der Waals surface area contributed by atoms with Crippen LogP contribution in [-0.4, -0.2) is 30.5 Å². The van der Waals surface area contributed by atoms with Crippen molar-refractivity contribution >= 4 is 11.3 Å². The topological polar surface area (TPSA) is 28.2 Å². The molecule has 0 saturated carbocycles. The molecule has 0 amide bonds. The van der Waals surface area contributed by atoms with E-state index in [4.69, 9.17) is 0 Å². The maximum absolute atomic E-state index is 4.50. The van der Waals surface area contributed by atoms with E-state index >= 15 is 0 Å². The zero-order valence-corrected chi connectivity index (χ0v) is 12.4. The van der Waals surface area contributed by atoms with Gasteiger partial charge in [-0.3, -0.25) is 4.98 Å². The fourth-order valence-corrected chi connectivity index (χ4v) is 2.67. The molecule has 0 spiro atoms. The van der Waals surface area contributed by atoms with Gasteiger partial charge in [-0.25, -0.2) is 0 Å². The molecule has 0 aliphatic carbocycles. The number of thiophene rings is 1. The van der Waals surface area contributed by atoms with E-state index in [1.807, 2.05) is 24.6 Å². The van der Waals surface area contributed by atoms with Crippen LogP contribution in [-0.2, 0) is 19.5 Å². The van der Waals surface area contributed by atoms with Crippen LogP contribution >= 0.6 is 11.3 Å². The number of pyridine rings is 1. The fraction of sp³-hybridized carbons (Fsp3) is 0.400. The minimum Gasteiger partial charge on any atom is -0.316 e. The highest BCUT2D eigenvalue weighted by Gasteiger charge is 2.03. The van der Waals surface area contributed by atoms with Gasteiger partial charge >= 0.3 is 0 Å². The fourth-order valence-electron chi connectivity index (χ4n) is 1.97. The molecule has 3 nitrogen and oxygen atoms in total. The summed E-state index contributed by atoms with van der Waals surface area (Å²) in [6, 6.07) is 8.58. The van der Waals surface area contributed by atoms with Crippen molar-refractivity contribution in [3.8, 4) is 0 Å². The van der Waals surface area contributed by atoms with Crippen molar-refractivity contribution < 1.29 is 0 Å². The van der Waals surface area contributed by atoms with Crippen molar-refractivity contribution in [1.29, 1.82) is 0 Å². The standard InChI is InChI=1S/C15H21N3S/c1-16-10-13-5-6-14(17-11-13)12-18(2)8-7-15-4-3-9-19-15/h3-6,9,11,16H,7-8,10,12H2,1-2H3. The first-order valence-electron chi connectivity index (χ1n) is 6.57. The summed E-state index contributed by atoms with van der Waals surface area (Å²) in [4.78, 5) is 8.27. The predicted octanol–water partition coefficient (Wildman–Crippen LogP) is 2.54. The Kier molecular flexibility index (Phi) is 5.51. The highest BCUT2D eigenvalue weighted by Crippen LogP contribution is 2.10. The summed E-state index contributed by atoms with van der Waals surface area (Å²) in [5.41, 5.74) is 2.36. The normalized spacial score (nSPS) is 11.1. The van der Waals surface area contributed by atoms with Crippen LogP contribution in [0.4, 0.5) is 0 Å². The van der Waals surface area contributed by atoms with E-state index in [1.54, 1.807) is 0 Å². The summed E-state index contributed by atoms with van der Waals surface area (Å²) in [6.45, 7) is 2.85. The van der Waals surface area contributed by atoms with Gasteiger partial charge in [0.05, 0.1) is 5.69 Å². The molecule has 2 rings (SSSR count). The Morgan fingerprint density at radius 3 is 2.84 bits per heavy atom. The Hall–Kier alpha value is -1.23. The zero-order chi connectivity index (χ0) is 13.5. The minimum absolute atomic E-state index is 0.876. The molecule has 0 radical (unpaired) electrons. The number of nitrogens with zero attached hydrogens (tertiary/aromatic N) is 2. The molecule has 0 atom stereocenters. The van der Waals surface area contributed by atoms with Crippen LogP contribution in [0.3, 0.4) is 0 Å². The van der Waals surface area contributed by atoms with Gasteiger partial charge < -0.3 is 10.2 Å². The molecular weight excluding hydrogens is 254 g/mol. The van der Waals surface area contributed by atoms with Gasteiger partial charge in [0, 0.05) is 30.7 Å². The second kappa shape index (κ2) is 7.38. The summed E-state index contributed by atoms with van der Waals surface area (Å²) < 4.78 is 0. The van der Waals surface area contributed by atoms with Crippen LogP contribution in [0.2, 0.25) is 0 Å². The van der Waals surface area contributed by atoms with Gasteiger partial charge in [-0.1, -0.05) is 12.1 Å². The molecule has 2 heterocycles. The van der Waals surface area contributed by atoms with E-state index in [1.165, 1.54) is 10.4 Å². The highest BCUT2D eigenvalue weighted by molar-refractivity contribution is 7.09. The first kappa shape index (κ1) is 14.2. The molecule has 102 valence electrons. The second-order valence-corrected chi connectivity index (χ2v) is 5.79. The molecule has 4 heteroatoms. The van der Waals surface area contributed by atoms with Crippen LogP contribution in [0.1, 0.15) is 16.1 Å². The molecule has 19 heavy (non-hydrogen) atoms. The summed E-state index contributed by atoms with van der Waals surface area (Å²) in [7, 11) is 4.10. The smallest absolute Gasteiger partial charge is 0.0544 e. The van der Waals surface area contributed by atoms with Crippen molar-refractivity contribution in [3.63, 3.8) is 0 Å². The van der Waals surface area contributed by atoms with Crippen molar-refractivity contribution in [3.05, 3.63) is 52.0 Å². The average molecular weight is 275 g/mol. The molecule has 0 aliphatic rings. The maximum atomic E-state index is 4.50. The van der Waals surface area contributed by atoms with E-state index in [-0.39, 0.29) is 0 Å². The molecular formula is C15H21N3S. The molecule has 0 fully saturated rings. The molecule has 2 aromatic rings. The van der Waals surface area contributed by atoms with Crippen molar-refractivity contribution in [2.75, 3.05) is 20.6 Å². The van der Waals surface area contributed by atoms with E-state index in [2.05, 4.69) is 51.9 Å². The lowest BCUT2D eigenvalue weighted by Crippen LogP contribution is -2.21. The monoisotopic (exact) mass is 275 g/mol. The largest absolute Gasteiger partial charge is 0.316 e. The average Bonchev–Trinajstić information content (AvgIpc) is 2.92. The van der Waals surface area contributed by atoms with Crippen LogP contribution in [0.15, 0.2) is 35.8 Å². The van der Waals surface area contributed by atoms with E-state index in [0.717, 1.165) is 31.7 Å². The molecule has 1 N–H and O–H groups in total. The van der Waals surface area contributed by atoms with Crippen LogP contribution in [0, 0.1) is 0 Å². The van der Waals surface area contributed by atoms with Gasteiger partial charge in [0.1, 0.15) is 0 Å². The van der Waals surface area contributed by atoms with Gasteiger partial charge in [-0.05, 0) is 43.6 Å². The third kappa shape index (κ3) is 4.74. The van der Waals surface area contributed by atoms with Crippen molar-refractivity contribution in [1.82, 2.24) is 15.2 Å². The number of nitrogens with one attached hydrogen (secondary N) is 1. The van der Waals surface area contributed by atoms with Gasteiger partial charge in [0.15, 0.2) is 0 Å². The molecule has 0 aliphatic heterocycles. The molecule has 0 bridgehead atoms. The number of hydrogen-bond donors (Lipinski definition) is 1. The first-order chi connectivity index (χ1) is 9.28. The summed E-state index contributed by atoms with van der Waals surface area (Å²) in [6.07, 6.45) is 3.07. The van der Waals surface area contributed by atoms with E-state index in [0.29, 0.717) is 0 Å². The Morgan fingerprint density at radius 1 is 1.32 bits per heavy atom. The third-order valence-electron chi connectivity index (χ3n) is 3.02. The Morgan fingerprint density at radius 2 is 2.21 bits per heavy atom. The lowest BCUT2D eigenvalue weighted by molar-refractivity contribution is 0.328. The van der Waals surface area contributed by atoms with Gasteiger partial charge in [0.25, 0.3) is 0 Å². The summed E-state index contributed by atoms with van der Waals surface area (Å²) in [5.74, 6) is 0.